The van der Waals surface area contributed by atoms with E-state index < -0.39 is 5.97 Å². The first kappa shape index (κ1) is 22.5. The van der Waals surface area contributed by atoms with Crippen molar-refractivity contribution >= 4 is 29.7 Å². The van der Waals surface area contributed by atoms with Crippen molar-refractivity contribution in [2.24, 2.45) is 5.92 Å². The normalized spacial score (nSPS) is 17.1. The van der Waals surface area contributed by atoms with Gasteiger partial charge in [0.15, 0.2) is 6.61 Å². The third kappa shape index (κ3) is 5.68. The first-order chi connectivity index (χ1) is 14.9. The highest BCUT2D eigenvalue weighted by atomic mass is 16.5. The van der Waals surface area contributed by atoms with E-state index in [9.17, 15) is 24.0 Å². The van der Waals surface area contributed by atoms with Gasteiger partial charge in [0.25, 0.3) is 5.91 Å². The zero-order valence-corrected chi connectivity index (χ0v) is 17.5. The summed E-state index contributed by atoms with van der Waals surface area (Å²) in [6, 6.07) is 6.38. The molecule has 1 aromatic rings. The number of ether oxygens (including phenoxy) is 2. The summed E-state index contributed by atoms with van der Waals surface area (Å²) in [5.41, 5.74) is 0.998. The molecule has 0 radical (unpaired) electrons. The molecule has 0 atom stereocenters. The summed E-state index contributed by atoms with van der Waals surface area (Å²) in [6.45, 7) is 2.73. The third-order valence-corrected chi connectivity index (χ3v) is 5.48. The van der Waals surface area contributed by atoms with Crippen LogP contribution in [0.3, 0.4) is 0 Å². The van der Waals surface area contributed by atoms with Crippen molar-refractivity contribution in [1.29, 1.82) is 0 Å². The van der Waals surface area contributed by atoms with E-state index in [1.165, 1.54) is 17.0 Å². The van der Waals surface area contributed by atoms with Gasteiger partial charge in [-0.25, -0.2) is 4.79 Å². The molecular formula is C22H26N2O7. The van der Waals surface area contributed by atoms with Gasteiger partial charge < -0.3 is 14.4 Å². The van der Waals surface area contributed by atoms with E-state index in [0.29, 0.717) is 32.5 Å². The number of nitrogens with zero attached hydrogens (tertiary/aromatic N) is 2. The standard InChI is InChI=1S/C22H26N2O7/c1-2-30-21(28)17-9-11-23(12-10-17)20(27)14-31-22(29)16-5-3-15(4-6-16)13-24-18(25)7-8-19(24)26/h3-6,17H,2,7-14H2,1H3. The van der Waals surface area contributed by atoms with E-state index >= 15 is 0 Å². The van der Waals surface area contributed by atoms with Crippen LogP contribution in [0.15, 0.2) is 24.3 Å². The molecule has 3 rings (SSSR count). The number of piperidine rings is 1. The Labute approximate surface area is 180 Å². The van der Waals surface area contributed by atoms with Crippen molar-refractivity contribution in [3.63, 3.8) is 0 Å². The SMILES string of the molecule is CCOC(=O)C1CCN(C(=O)COC(=O)c2ccc(CN3C(=O)CCC3=O)cc2)CC1. The molecule has 0 unspecified atom stereocenters. The highest BCUT2D eigenvalue weighted by Gasteiger charge is 2.29. The Morgan fingerprint density at radius 2 is 1.58 bits per heavy atom. The van der Waals surface area contributed by atoms with Crippen LogP contribution in [0.4, 0.5) is 0 Å². The fourth-order valence-electron chi connectivity index (χ4n) is 3.65. The van der Waals surface area contributed by atoms with Gasteiger partial charge in [0.1, 0.15) is 0 Å². The second kappa shape index (κ2) is 10.2. The lowest BCUT2D eigenvalue weighted by Gasteiger charge is -2.30. The van der Waals surface area contributed by atoms with Gasteiger partial charge in [-0.15, -0.1) is 0 Å². The largest absolute Gasteiger partial charge is 0.466 e. The maximum atomic E-state index is 12.3. The second-order valence-electron chi connectivity index (χ2n) is 7.55. The van der Waals surface area contributed by atoms with Gasteiger partial charge in [0, 0.05) is 25.9 Å². The molecule has 0 saturated carbocycles. The van der Waals surface area contributed by atoms with Crippen LogP contribution >= 0.6 is 0 Å². The fraction of sp³-hybridized carbons (Fsp3) is 0.500. The van der Waals surface area contributed by atoms with Crippen molar-refractivity contribution in [2.75, 3.05) is 26.3 Å². The molecule has 0 aromatic heterocycles. The molecule has 9 heteroatoms. The lowest BCUT2D eigenvalue weighted by Crippen LogP contribution is -2.42. The Morgan fingerprint density at radius 1 is 0.968 bits per heavy atom. The lowest BCUT2D eigenvalue weighted by molar-refractivity contribution is -0.151. The summed E-state index contributed by atoms with van der Waals surface area (Å²) in [7, 11) is 0. The predicted octanol–water partition coefficient (Wildman–Crippen LogP) is 1.29. The van der Waals surface area contributed by atoms with E-state index in [1.807, 2.05) is 0 Å². The first-order valence-corrected chi connectivity index (χ1v) is 10.4. The molecule has 0 bridgehead atoms. The van der Waals surface area contributed by atoms with Crippen LogP contribution in [0.2, 0.25) is 0 Å². The summed E-state index contributed by atoms with van der Waals surface area (Å²) in [6.07, 6.45) is 1.53. The van der Waals surface area contributed by atoms with Crippen LogP contribution in [0.25, 0.3) is 0 Å². The molecule has 2 aliphatic heterocycles. The van der Waals surface area contributed by atoms with Crippen LogP contribution in [0.5, 0.6) is 0 Å². The van der Waals surface area contributed by atoms with Crippen LogP contribution in [-0.4, -0.2) is 65.8 Å². The number of benzene rings is 1. The zero-order valence-electron chi connectivity index (χ0n) is 17.5. The molecule has 1 aromatic carbocycles. The van der Waals surface area contributed by atoms with Gasteiger partial charge in [0.05, 0.1) is 24.6 Å². The third-order valence-electron chi connectivity index (χ3n) is 5.48. The zero-order chi connectivity index (χ0) is 22.4. The fourth-order valence-corrected chi connectivity index (χ4v) is 3.65. The molecule has 9 nitrogen and oxygen atoms in total. The van der Waals surface area contributed by atoms with Crippen molar-refractivity contribution in [2.45, 2.75) is 39.2 Å². The number of hydrogen-bond donors (Lipinski definition) is 0. The summed E-state index contributed by atoms with van der Waals surface area (Å²) >= 11 is 0. The summed E-state index contributed by atoms with van der Waals surface area (Å²) < 4.78 is 10.1. The Morgan fingerprint density at radius 3 is 2.16 bits per heavy atom. The van der Waals surface area contributed by atoms with Crippen LogP contribution in [-0.2, 0) is 35.2 Å². The Hall–Kier alpha value is -3.23. The number of esters is 2. The number of imide groups is 1. The minimum atomic E-state index is -0.630. The summed E-state index contributed by atoms with van der Waals surface area (Å²) in [5, 5.41) is 0. The number of carbonyl (C=O) groups is 5. The average molecular weight is 430 g/mol. The Kier molecular flexibility index (Phi) is 7.38. The molecular weight excluding hydrogens is 404 g/mol. The van der Waals surface area contributed by atoms with Crippen LogP contribution in [0, 0.1) is 5.92 Å². The molecule has 2 aliphatic rings. The van der Waals surface area contributed by atoms with Crippen LogP contribution < -0.4 is 0 Å². The maximum absolute atomic E-state index is 12.3. The molecule has 2 fully saturated rings. The number of amides is 3. The monoisotopic (exact) mass is 430 g/mol. The quantitative estimate of drug-likeness (QED) is 0.473. The topological polar surface area (TPSA) is 110 Å². The summed E-state index contributed by atoms with van der Waals surface area (Å²) in [4.78, 5) is 62.5. The second-order valence-corrected chi connectivity index (χ2v) is 7.55. The van der Waals surface area contributed by atoms with Gasteiger partial charge in [-0.05, 0) is 37.5 Å². The number of carbonyl (C=O) groups excluding carboxylic acids is 5. The Bertz CT molecular complexity index is 841. The van der Waals surface area contributed by atoms with Gasteiger partial charge in [-0.1, -0.05) is 12.1 Å². The number of hydrogen-bond acceptors (Lipinski definition) is 7. The highest BCUT2D eigenvalue weighted by Crippen LogP contribution is 2.19. The van der Waals surface area contributed by atoms with Gasteiger partial charge in [-0.3, -0.25) is 24.1 Å². The van der Waals surface area contributed by atoms with E-state index in [2.05, 4.69) is 0 Å². The number of rotatable bonds is 7. The van der Waals surface area contributed by atoms with E-state index in [1.54, 1.807) is 24.0 Å². The van der Waals surface area contributed by atoms with Crippen molar-refractivity contribution in [3.05, 3.63) is 35.4 Å². The molecule has 0 aliphatic carbocycles. The van der Waals surface area contributed by atoms with Gasteiger partial charge in [0.2, 0.25) is 11.8 Å². The van der Waals surface area contributed by atoms with Crippen molar-refractivity contribution in [3.8, 4) is 0 Å². The number of likely N-dealkylation sites (tertiary alicyclic amines) is 2. The van der Waals surface area contributed by atoms with Gasteiger partial charge in [-0.2, -0.15) is 0 Å². The smallest absolute Gasteiger partial charge is 0.338 e. The molecule has 0 spiro atoms. The van der Waals surface area contributed by atoms with Gasteiger partial charge >= 0.3 is 11.9 Å². The highest BCUT2D eigenvalue weighted by molar-refractivity contribution is 6.01. The molecule has 2 heterocycles. The molecule has 2 saturated heterocycles. The molecule has 31 heavy (non-hydrogen) atoms. The van der Waals surface area contributed by atoms with Crippen LogP contribution in [0.1, 0.15) is 48.5 Å². The summed E-state index contributed by atoms with van der Waals surface area (Å²) in [5.74, 6) is -1.76. The maximum Gasteiger partial charge on any atom is 0.338 e. The van der Waals surface area contributed by atoms with E-state index in [-0.39, 0.29) is 61.2 Å². The van der Waals surface area contributed by atoms with Crippen molar-refractivity contribution < 1.29 is 33.4 Å². The lowest BCUT2D eigenvalue weighted by atomic mass is 9.97. The Balaban J connectivity index is 1.44. The average Bonchev–Trinajstić information content (AvgIpc) is 3.10. The minimum Gasteiger partial charge on any atom is -0.466 e. The van der Waals surface area contributed by atoms with Crippen molar-refractivity contribution in [1.82, 2.24) is 9.80 Å². The van der Waals surface area contributed by atoms with E-state index in [0.717, 1.165) is 5.56 Å². The van der Waals surface area contributed by atoms with E-state index in [4.69, 9.17) is 9.47 Å². The molecule has 3 amide bonds. The minimum absolute atomic E-state index is 0.174. The molecule has 166 valence electrons. The first-order valence-electron chi connectivity index (χ1n) is 10.4. The predicted molar refractivity (Wildman–Crippen MR) is 107 cm³/mol. The molecule has 0 N–H and O–H groups in total.